The normalized spacial score (nSPS) is 10.9. The Morgan fingerprint density at radius 3 is 2.22 bits per heavy atom. The van der Waals surface area contributed by atoms with Crippen LogP contribution >= 0.6 is 11.6 Å². The Morgan fingerprint density at radius 2 is 1.78 bits per heavy atom. The number of hydrogen-bond acceptors (Lipinski definition) is 3. The molecule has 1 rings (SSSR count). The molecule has 5 heteroatoms. The number of halogens is 1. The summed E-state index contributed by atoms with van der Waals surface area (Å²) in [6.45, 7) is 5.89. The maximum atomic E-state index is 11.8. The van der Waals surface area contributed by atoms with Crippen LogP contribution in [0.25, 0.3) is 0 Å². The van der Waals surface area contributed by atoms with Gasteiger partial charge in [0.25, 0.3) is 0 Å². The second-order valence-corrected chi connectivity index (χ2v) is 5.40. The van der Waals surface area contributed by atoms with Crippen LogP contribution in [0.2, 0.25) is 0 Å². The molecular weight excluding hydrogens is 254 g/mol. The number of ether oxygens (including phenoxy) is 1. The first kappa shape index (κ1) is 14.5. The fourth-order valence-corrected chi connectivity index (χ4v) is 1.45. The van der Waals surface area contributed by atoms with Gasteiger partial charge in [0, 0.05) is 6.54 Å². The maximum Gasteiger partial charge on any atom is 0.422 e. The highest BCUT2D eigenvalue weighted by atomic mass is 35.5. The average molecular weight is 270 g/mol. The predicted octanol–water partition coefficient (Wildman–Crippen LogP) is 3.89. The Bertz CT molecular complexity index is 426. The number of carbonyl (C=O) groups is 2. The van der Waals surface area contributed by atoms with E-state index in [1.165, 1.54) is 0 Å². The van der Waals surface area contributed by atoms with Crippen LogP contribution in [0.5, 0.6) is 5.75 Å². The van der Waals surface area contributed by atoms with Crippen LogP contribution in [0.15, 0.2) is 30.3 Å². The van der Waals surface area contributed by atoms with Gasteiger partial charge >= 0.3 is 11.5 Å². The molecule has 18 heavy (non-hydrogen) atoms. The summed E-state index contributed by atoms with van der Waals surface area (Å²) in [6, 6.07) is 8.53. The summed E-state index contributed by atoms with van der Waals surface area (Å²) in [4.78, 5) is 24.0. The van der Waals surface area contributed by atoms with E-state index in [0.29, 0.717) is 5.75 Å². The highest BCUT2D eigenvalue weighted by Crippen LogP contribution is 2.18. The summed E-state index contributed by atoms with van der Waals surface area (Å²) in [5, 5.41) is -0.842. The van der Waals surface area contributed by atoms with Crippen molar-refractivity contribution in [1.82, 2.24) is 4.90 Å². The van der Waals surface area contributed by atoms with Gasteiger partial charge in [-0.2, -0.15) is 0 Å². The quantitative estimate of drug-likeness (QED) is 0.604. The van der Waals surface area contributed by atoms with E-state index in [1.807, 2.05) is 20.8 Å². The van der Waals surface area contributed by atoms with Crippen LogP contribution in [0, 0.1) is 5.41 Å². The monoisotopic (exact) mass is 269 g/mol. The van der Waals surface area contributed by atoms with Gasteiger partial charge in [0.15, 0.2) is 0 Å². The van der Waals surface area contributed by atoms with Crippen molar-refractivity contribution in [3.63, 3.8) is 0 Å². The standard InChI is InChI=1S/C13H16ClNO3/c1-13(2,3)9-15(11(14)16)12(17)18-10-7-5-4-6-8-10/h4-8H,9H2,1-3H3. The van der Waals surface area contributed by atoms with Crippen molar-refractivity contribution < 1.29 is 14.3 Å². The smallest absolute Gasteiger partial charge is 0.410 e. The second-order valence-electron chi connectivity index (χ2n) is 5.08. The second kappa shape index (κ2) is 5.87. The molecule has 0 aliphatic rings. The highest BCUT2D eigenvalue weighted by molar-refractivity contribution is 6.63. The molecule has 1 aromatic rings. The van der Waals surface area contributed by atoms with Crippen molar-refractivity contribution in [1.29, 1.82) is 0 Å². The number of benzene rings is 1. The van der Waals surface area contributed by atoms with Crippen LogP contribution < -0.4 is 4.74 Å². The molecule has 0 spiro atoms. The van der Waals surface area contributed by atoms with Gasteiger partial charge < -0.3 is 4.74 Å². The van der Waals surface area contributed by atoms with Crippen molar-refractivity contribution >= 4 is 23.1 Å². The third kappa shape index (κ3) is 4.75. The fourth-order valence-electron chi connectivity index (χ4n) is 1.32. The van der Waals surface area contributed by atoms with E-state index >= 15 is 0 Å². The zero-order valence-corrected chi connectivity index (χ0v) is 11.4. The fraction of sp³-hybridized carbons (Fsp3) is 0.385. The van der Waals surface area contributed by atoms with E-state index in [2.05, 4.69) is 0 Å². The van der Waals surface area contributed by atoms with Gasteiger partial charge in [-0.15, -0.1) is 0 Å². The number of carbonyl (C=O) groups excluding carboxylic acids is 2. The van der Waals surface area contributed by atoms with Crippen LogP contribution in [0.3, 0.4) is 0 Å². The molecular formula is C13H16ClNO3. The van der Waals surface area contributed by atoms with Gasteiger partial charge in [-0.3, -0.25) is 4.79 Å². The van der Waals surface area contributed by atoms with Crippen molar-refractivity contribution in [3.05, 3.63) is 30.3 Å². The van der Waals surface area contributed by atoms with E-state index < -0.39 is 11.5 Å². The van der Waals surface area contributed by atoms with E-state index in [4.69, 9.17) is 16.3 Å². The first-order valence-corrected chi connectivity index (χ1v) is 5.91. The minimum Gasteiger partial charge on any atom is -0.410 e. The zero-order valence-electron chi connectivity index (χ0n) is 10.6. The van der Waals surface area contributed by atoms with Crippen molar-refractivity contribution in [2.75, 3.05) is 6.54 Å². The summed E-state index contributed by atoms with van der Waals surface area (Å²) in [6.07, 6.45) is -0.767. The Labute approximate surface area is 111 Å². The summed E-state index contributed by atoms with van der Waals surface area (Å²) in [7, 11) is 0. The molecule has 0 aromatic heterocycles. The Hall–Kier alpha value is -1.55. The van der Waals surface area contributed by atoms with Gasteiger partial charge in [0.05, 0.1) is 0 Å². The first-order valence-electron chi connectivity index (χ1n) is 5.53. The molecule has 0 heterocycles. The third-order valence-electron chi connectivity index (χ3n) is 2.01. The number of imide groups is 1. The number of hydrogen-bond donors (Lipinski definition) is 0. The molecule has 0 radical (unpaired) electrons. The van der Waals surface area contributed by atoms with Crippen LogP contribution in [0.4, 0.5) is 9.59 Å². The largest absolute Gasteiger partial charge is 0.422 e. The van der Waals surface area contributed by atoms with E-state index in [1.54, 1.807) is 30.3 Å². The molecule has 0 saturated heterocycles. The summed E-state index contributed by atoms with van der Waals surface area (Å²) < 4.78 is 5.07. The number of para-hydroxylation sites is 1. The Balaban J connectivity index is 2.75. The molecule has 0 bridgehead atoms. The SMILES string of the molecule is CC(C)(C)CN(C(=O)Cl)C(=O)Oc1ccccc1. The number of rotatable bonds is 2. The molecule has 4 nitrogen and oxygen atoms in total. The van der Waals surface area contributed by atoms with Gasteiger partial charge in [-0.1, -0.05) is 39.0 Å². The minimum absolute atomic E-state index is 0.195. The van der Waals surface area contributed by atoms with Crippen LogP contribution in [0.1, 0.15) is 20.8 Å². The highest BCUT2D eigenvalue weighted by Gasteiger charge is 2.27. The summed E-state index contributed by atoms with van der Waals surface area (Å²) in [5.41, 5.74) is -0.250. The molecule has 0 atom stereocenters. The van der Waals surface area contributed by atoms with Crippen molar-refractivity contribution in [2.24, 2.45) is 5.41 Å². The Morgan fingerprint density at radius 1 is 1.22 bits per heavy atom. The minimum atomic E-state index is -0.842. The molecule has 0 saturated carbocycles. The average Bonchev–Trinajstić information content (AvgIpc) is 2.25. The van der Waals surface area contributed by atoms with Crippen LogP contribution in [-0.2, 0) is 0 Å². The maximum absolute atomic E-state index is 11.8. The third-order valence-corrected chi connectivity index (χ3v) is 2.22. The first-order chi connectivity index (χ1) is 8.29. The Kier molecular flexibility index (Phi) is 4.73. The van der Waals surface area contributed by atoms with E-state index in [0.717, 1.165) is 4.90 Å². The lowest BCUT2D eigenvalue weighted by Crippen LogP contribution is -2.41. The molecule has 2 amide bonds. The lowest BCUT2D eigenvalue weighted by Gasteiger charge is -2.25. The molecule has 98 valence electrons. The number of nitrogens with zero attached hydrogens (tertiary/aromatic N) is 1. The van der Waals surface area contributed by atoms with Crippen molar-refractivity contribution in [2.45, 2.75) is 20.8 Å². The molecule has 0 unspecified atom stereocenters. The zero-order chi connectivity index (χ0) is 13.8. The van der Waals surface area contributed by atoms with E-state index in [-0.39, 0.29) is 12.0 Å². The molecule has 0 fully saturated rings. The predicted molar refractivity (Wildman–Crippen MR) is 69.9 cm³/mol. The summed E-state index contributed by atoms with van der Waals surface area (Å²) >= 11 is 5.40. The molecule has 0 aliphatic carbocycles. The van der Waals surface area contributed by atoms with E-state index in [9.17, 15) is 9.59 Å². The van der Waals surface area contributed by atoms with Crippen molar-refractivity contribution in [3.8, 4) is 5.75 Å². The lowest BCUT2D eigenvalue weighted by molar-refractivity contribution is 0.147. The molecule has 0 aliphatic heterocycles. The number of amides is 2. The lowest BCUT2D eigenvalue weighted by atomic mass is 9.96. The van der Waals surface area contributed by atoms with Crippen LogP contribution in [-0.4, -0.2) is 22.9 Å². The topological polar surface area (TPSA) is 46.6 Å². The molecule has 0 N–H and O–H groups in total. The van der Waals surface area contributed by atoms with Gasteiger partial charge in [-0.05, 0) is 29.1 Å². The van der Waals surface area contributed by atoms with Gasteiger partial charge in [-0.25, -0.2) is 9.69 Å². The van der Waals surface area contributed by atoms with Gasteiger partial charge in [0.2, 0.25) is 0 Å². The van der Waals surface area contributed by atoms with Gasteiger partial charge in [0.1, 0.15) is 5.75 Å². The molecule has 1 aromatic carbocycles. The summed E-state index contributed by atoms with van der Waals surface area (Å²) in [5.74, 6) is 0.374.